The number of nitrogens with one attached hydrogen (secondary N) is 1. The van der Waals surface area contributed by atoms with Gasteiger partial charge in [0.25, 0.3) is 5.56 Å². The molecule has 8 nitrogen and oxygen atoms in total. The van der Waals surface area contributed by atoms with Crippen molar-refractivity contribution in [1.29, 1.82) is 0 Å². The molecule has 0 saturated carbocycles. The maximum atomic E-state index is 13.3. The second-order valence-corrected chi connectivity index (χ2v) is 8.75. The van der Waals surface area contributed by atoms with Gasteiger partial charge >= 0.3 is 0 Å². The molecule has 0 aliphatic rings. The van der Waals surface area contributed by atoms with Crippen LogP contribution in [0, 0.1) is 6.92 Å². The van der Waals surface area contributed by atoms with Crippen molar-refractivity contribution < 1.29 is 0 Å². The molecule has 0 spiro atoms. The Labute approximate surface area is 201 Å². The molecule has 0 bridgehead atoms. The number of fused-ring (bicyclic) bond motifs is 3. The molecule has 0 radical (unpaired) electrons. The summed E-state index contributed by atoms with van der Waals surface area (Å²) in [4.78, 5) is 26.1. The van der Waals surface area contributed by atoms with E-state index in [4.69, 9.17) is 11.6 Å². The van der Waals surface area contributed by atoms with Crippen molar-refractivity contribution >= 4 is 39.1 Å². The minimum absolute atomic E-state index is 0.0369. The minimum atomic E-state index is -0.144. The summed E-state index contributed by atoms with van der Waals surface area (Å²) in [5.41, 5.74) is 5.02. The summed E-state index contributed by atoms with van der Waals surface area (Å²) in [7, 11) is 1.80. The third-order valence-electron chi connectivity index (χ3n) is 6.08. The number of pyridine rings is 2. The van der Waals surface area contributed by atoms with E-state index in [-0.39, 0.29) is 11.6 Å². The van der Waals surface area contributed by atoms with Crippen molar-refractivity contribution in [2.75, 3.05) is 5.32 Å². The molecule has 0 amide bonds. The first-order chi connectivity index (χ1) is 16.4. The average molecular weight is 474 g/mol. The van der Waals surface area contributed by atoms with Crippen molar-refractivity contribution in [3.63, 3.8) is 0 Å². The van der Waals surface area contributed by atoms with Crippen molar-refractivity contribution in [1.82, 2.24) is 29.3 Å². The van der Waals surface area contributed by atoms with Crippen LogP contribution in [0.25, 0.3) is 33.1 Å². The van der Waals surface area contributed by atoms with Crippen LogP contribution in [0.5, 0.6) is 0 Å². The zero-order valence-electron chi connectivity index (χ0n) is 19.4. The maximum absolute atomic E-state index is 13.3. The smallest absolute Gasteiger partial charge is 0.259 e. The lowest BCUT2D eigenvalue weighted by Gasteiger charge is -2.21. The molecule has 0 aliphatic carbocycles. The number of anilines is 1. The van der Waals surface area contributed by atoms with Crippen LogP contribution in [0.2, 0.25) is 5.15 Å². The summed E-state index contributed by atoms with van der Waals surface area (Å²) in [6, 6.07) is 7.58. The van der Waals surface area contributed by atoms with Crippen LogP contribution in [0.3, 0.4) is 0 Å². The highest BCUT2D eigenvalue weighted by atomic mass is 35.5. The van der Waals surface area contributed by atoms with E-state index in [0.717, 1.165) is 38.8 Å². The standard InChI is InChI=1S/C25H24ClN7O/c1-5-33-24-19(12-29-33)22-17(8-14(2)9-18(22)25(34)32(24)4)15(3)30-20-6-7-21(26)31-23(20)16-10-27-13-28-11-16/h6-13,15,30H,5H2,1-4H3. The number of hydrogen-bond donors (Lipinski definition) is 1. The van der Waals surface area contributed by atoms with E-state index in [1.165, 1.54) is 6.33 Å². The molecule has 4 aromatic heterocycles. The van der Waals surface area contributed by atoms with Gasteiger partial charge in [-0.15, -0.1) is 0 Å². The van der Waals surface area contributed by atoms with Crippen LogP contribution in [0.1, 0.15) is 31.0 Å². The first kappa shape index (κ1) is 22.0. The molecular formula is C25H24ClN7O. The predicted molar refractivity (Wildman–Crippen MR) is 135 cm³/mol. The number of aromatic nitrogens is 6. The zero-order valence-corrected chi connectivity index (χ0v) is 20.1. The second kappa shape index (κ2) is 8.53. The molecular weight excluding hydrogens is 450 g/mol. The summed E-state index contributed by atoms with van der Waals surface area (Å²) in [6.07, 6.45) is 6.74. The molecule has 1 atom stereocenters. The summed E-state index contributed by atoms with van der Waals surface area (Å²) in [6.45, 7) is 6.77. The fraction of sp³-hybridized carbons (Fsp3) is 0.240. The Morgan fingerprint density at radius 3 is 2.62 bits per heavy atom. The van der Waals surface area contributed by atoms with Crippen molar-refractivity contribution in [2.45, 2.75) is 33.4 Å². The van der Waals surface area contributed by atoms with Crippen molar-refractivity contribution in [3.8, 4) is 11.3 Å². The van der Waals surface area contributed by atoms with Gasteiger partial charge in [0.1, 0.15) is 17.1 Å². The number of rotatable bonds is 5. The fourth-order valence-corrected chi connectivity index (χ4v) is 4.69. The Morgan fingerprint density at radius 2 is 1.88 bits per heavy atom. The Bertz CT molecular complexity index is 1590. The zero-order chi connectivity index (χ0) is 24.0. The lowest BCUT2D eigenvalue weighted by Crippen LogP contribution is -2.20. The molecule has 1 aromatic carbocycles. The number of hydrogen-bond acceptors (Lipinski definition) is 6. The van der Waals surface area contributed by atoms with Gasteiger partial charge in [0.15, 0.2) is 0 Å². The highest BCUT2D eigenvalue weighted by Gasteiger charge is 2.20. The molecule has 1 N–H and O–H groups in total. The molecule has 5 aromatic rings. The summed E-state index contributed by atoms with van der Waals surface area (Å²) in [5, 5.41) is 11.0. The largest absolute Gasteiger partial charge is 0.377 e. The van der Waals surface area contributed by atoms with E-state index in [1.54, 1.807) is 30.1 Å². The number of halogens is 1. The Kier molecular flexibility index (Phi) is 5.53. The third kappa shape index (κ3) is 3.60. The Balaban J connectivity index is 1.70. The summed E-state index contributed by atoms with van der Waals surface area (Å²) in [5.74, 6) is 0. The summed E-state index contributed by atoms with van der Waals surface area (Å²) >= 11 is 6.21. The van der Waals surface area contributed by atoms with Gasteiger partial charge in [-0.3, -0.25) is 9.36 Å². The van der Waals surface area contributed by atoms with Crippen LogP contribution in [0.4, 0.5) is 5.69 Å². The third-order valence-corrected chi connectivity index (χ3v) is 6.29. The van der Waals surface area contributed by atoms with Gasteiger partial charge in [-0.2, -0.15) is 5.10 Å². The molecule has 34 heavy (non-hydrogen) atoms. The lowest BCUT2D eigenvalue weighted by molar-refractivity contribution is 0.659. The molecule has 0 fully saturated rings. The normalized spacial score (nSPS) is 12.4. The molecule has 4 heterocycles. The van der Waals surface area contributed by atoms with Crippen LogP contribution >= 0.6 is 11.6 Å². The Hall–Kier alpha value is -3.78. The maximum Gasteiger partial charge on any atom is 0.259 e. The number of nitrogens with zero attached hydrogens (tertiary/aromatic N) is 6. The molecule has 5 rings (SSSR count). The van der Waals surface area contributed by atoms with Gasteiger partial charge in [0.05, 0.1) is 17.6 Å². The van der Waals surface area contributed by atoms with Crippen LogP contribution in [-0.4, -0.2) is 29.3 Å². The second-order valence-electron chi connectivity index (χ2n) is 8.36. The molecule has 0 saturated heterocycles. The molecule has 1 unspecified atom stereocenters. The van der Waals surface area contributed by atoms with E-state index < -0.39 is 0 Å². The van der Waals surface area contributed by atoms with Gasteiger partial charge in [0.2, 0.25) is 0 Å². The van der Waals surface area contributed by atoms with Crippen molar-refractivity contribution in [2.24, 2.45) is 7.05 Å². The molecule has 9 heteroatoms. The van der Waals surface area contributed by atoms with E-state index >= 15 is 0 Å². The first-order valence-electron chi connectivity index (χ1n) is 11.1. The minimum Gasteiger partial charge on any atom is -0.377 e. The van der Waals surface area contributed by atoms with Crippen LogP contribution in [-0.2, 0) is 13.6 Å². The monoisotopic (exact) mass is 473 g/mol. The quantitative estimate of drug-likeness (QED) is 0.365. The highest BCUT2D eigenvalue weighted by molar-refractivity contribution is 6.29. The topological polar surface area (TPSA) is 90.5 Å². The van der Waals surface area contributed by atoms with E-state index in [2.05, 4.69) is 38.4 Å². The predicted octanol–water partition coefficient (Wildman–Crippen LogP) is 4.90. The summed E-state index contributed by atoms with van der Waals surface area (Å²) < 4.78 is 3.54. The van der Waals surface area contributed by atoms with Gasteiger partial charge in [-0.25, -0.2) is 19.6 Å². The van der Waals surface area contributed by atoms with Gasteiger partial charge in [-0.05, 0) is 50.1 Å². The lowest BCUT2D eigenvalue weighted by atomic mass is 9.95. The van der Waals surface area contributed by atoms with Gasteiger partial charge in [-0.1, -0.05) is 17.7 Å². The SMILES string of the molecule is CCn1ncc2c3c(C(C)Nc4ccc(Cl)nc4-c4cncnc4)cc(C)cc3c(=O)n(C)c21. The van der Waals surface area contributed by atoms with E-state index in [1.807, 2.05) is 36.9 Å². The van der Waals surface area contributed by atoms with Crippen LogP contribution in [0.15, 0.2) is 54.0 Å². The first-order valence-corrected chi connectivity index (χ1v) is 11.4. The molecule has 172 valence electrons. The van der Waals surface area contributed by atoms with Gasteiger partial charge < -0.3 is 5.32 Å². The average Bonchev–Trinajstić information content (AvgIpc) is 3.28. The fourth-order valence-electron chi connectivity index (χ4n) is 4.55. The van der Waals surface area contributed by atoms with Crippen molar-refractivity contribution in [3.05, 3.63) is 75.8 Å². The van der Waals surface area contributed by atoms with E-state index in [9.17, 15) is 4.79 Å². The number of benzene rings is 1. The van der Waals surface area contributed by atoms with Gasteiger partial charge in [0, 0.05) is 53.8 Å². The molecule has 0 aliphatic heterocycles. The highest BCUT2D eigenvalue weighted by Crippen LogP contribution is 2.34. The Morgan fingerprint density at radius 1 is 1.12 bits per heavy atom. The van der Waals surface area contributed by atoms with E-state index in [0.29, 0.717) is 22.8 Å². The van der Waals surface area contributed by atoms with Crippen LogP contribution < -0.4 is 10.9 Å². The number of aryl methyl sites for hydroxylation is 3.